The molecule has 1 amide bonds. The van der Waals surface area contributed by atoms with Crippen LogP contribution in [-0.4, -0.2) is 61.0 Å². The molecule has 11 heteroatoms. The van der Waals surface area contributed by atoms with E-state index in [1.165, 1.54) is 27.9 Å². The van der Waals surface area contributed by atoms with E-state index >= 15 is 0 Å². The van der Waals surface area contributed by atoms with Gasteiger partial charge in [0, 0.05) is 19.7 Å². The van der Waals surface area contributed by atoms with Gasteiger partial charge in [0.25, 0.3) is 17.0 Å². The Bertz CT molecular complexity index is 1370. The summed E-state index contributed by atoms with van der Waals surface area (Å²) in [6.45, 7) is 2.41. The number of benzene rings is 1. The first-order valence-corrected chi connectivity index (χ1v) is 9.85. The van der Waals surface area contributed by atoms with Crippen LogP contribution in [0.1, 0.15) is 21.9 Å². The number of hydrogen-bond donors (Lipinski definition) is 2. The number of carbonyl (C=O) groups is 1. The zero-order valence-corrected chi connectivity index (χ0v) is 17.5. The molecule has 4 rings (SSSR count). The molecule has 2 N–H and O–H groups in total. The number of methoxy groups -OCH3 is 1. The maximum absolute atomic E-state index is 13.3. The molecule has 0 radical (unpaired) electrons. The number of H-pyrrole nitrogens is 2. The highest BCUT2D eigenvalue weighted by Crippen LogP contribution is 2.15. The van der Waals surface area contributed by atoms with E-state index in [1.807, 2.05) is 0 Å². The van der Waals surface area contributed by atoms with Crippen LogP contribution in [0.3, 0.4) is 0 Å². The third-order valence-corrected chi connectivity index (χ3v) is 4.98. The van der Waals surface area contributed by atoms with Crippen molar-refractivity contribution in [1.82, 2.24) is 34.8 Å². The van der Waals surface area contributed by atoms with E-state index in [1.54, 1.807) is 38.3 Å². The molecule has 0 atom stereocenters. The smallest absolute Gasteiger partial charge is 0.264 e. The molecular formula is C21H21N7O4. The molecule has 0 aliphatic rings. The highest BCUT2D eigenvalue weighted by Gasteiger charge is 2.23. The zero-order valence-electron chi connectivity index (χ0n) is 17.5. The largest absolute Gasteiger partial charge is 0.383 e. The number of amides is 1. The van der Waals surface area contributed by atoms with E-state index in [0.29, 0.717) is 40.4 Å². The van der Waals surface area contributed by atoms with Crippen molar-refractivity contribution in [1.29, 1.82) is 0 Å². The van der Waals surface area contributed by atoms with Crippen molar-refractivity contribution < 1.29 is 9.53 Å². The van der Waals surface area contributed by atoms with Crippen molar-refractivity contribution in [2.24, 2.45) is 0 Å². The topological polar surface area (TPSA) is 139 Å². The summed E-state index contributed by atoms with van der Waals surface area (Å²) in [6, 6.07) is 9.86. The number of rotatable bonds is 7. The molecule has 11 nitrogen and oxygen atoms in total. The fraction of sp³-hybridized carbons (Fsp3) is 0.238. The highest BCUT2D eigenvalue weighted by atomic mass is 16.5. The third kappa shape index (κ3) is 4.18. The lowest BCUT2D eigenvalue weighted by atomic mass is 10.2. The summed E-state index contributed by atoms with van der Waals surface area (Å²) in [5, 5.41) is 11.0. The van der Waals surface area contributed by atoms with Gasteiger partial charge in [-0.15, -0.1) is 0 Å². The molecule has 0 bridgehead atoms. The monoisotopic (exact) mass is 435 g/mol. The Morgan fingerprint density at radius 1 is 1.19 bits per heavy atom. The molecule has 0 fully saturated rings. The Morgan fingerprint density at radius 2 is 2.00 bits per heavy atom. The number of aromatic nitrogens is 6. The number of para-hydroxylation sites is 1. The molecule has 0 aliphatic carbocycles. The molecule has 0 spiro atoms. The molecule has 0 saturated carbocycles. The SMILES string of the molecule is COCCN(Cc1nc2ccccc2c(=O)[nH]1)C(=O)c1cnn(-c2ccc(=O)[nH]n2)c1C. The number of aromatic amines is 2. The van der Waals surface area contributed by atoms with Gasteiger partial charge in [-0.3, -0.25) is 14.4 Å². The number of nitrogens with one attached hydrogen (secondary N) is 2. The van der Waals surface area contributed by atoms with Crippen LogP contribution in [0.15, 0.2) is 52.2 Å². The van der Waals surface area contributed by atoms with Crippen LogP contribution >= 0.6 is 0 Å². The first kappa shape index (κ1) is 21.1. The van der Waals surface area contributed by atoms with Crippen LogP contribution in [0.5, 0.6) is 0 Å². The Balaban J connectivity index is 1.65. The van der Waals surface area contributed by atoms with Crippen molar-refractivity contribution in [2.75, 3.05) is 20.3 Å². The first-order valence-electron chi connectivity index (χ1n) is 9.85. The van der Waals surface area contributed by atoms with Gasteiger partial charge in [0.2, 0.25) is 0 Å². The second-order valence-electron chi connectivity index (χ2n) is 7.08. The number of nitrogens with zero attached hydrogens (tertiary/aromatic N) is 5. The van der Waals surface area contributed by atoms with Crippen LogP contribution < -0.4 is 11.1 Å². The number of carbonyl (C=O) groups excluding carboxylic acids is 1. The molecule has 1 aromatic carbocycles. The maximum atomic E-state index is 13.3. The Morgan fingerprint density at radius 3 is 2.75 bits per heavy atom. The van der Waals surface area contributed by atoms with Gasteiger partial charge in [-0.2, -0.15) is 10.2 Å². The molecule has 4 aromatic rings. The van der Waals surface area contributed by atoms with Crippen LogP contribution in [0.4, 0.5) is 0 Å². The second kappa shape index (κ2) is 8.94. The van der Waals surface area contributed by atoms with E-state index in [9.17, 15) is 14.4 Å². The molecule has 0 saturated heterocycles. The zero-order chi connectivity index (χ0) is 22.7. The van der Waals surface area contributed by atoms with E-state index in [-0.39, 0.29) is 30.1 Å². The molecular weight excluding hydrogens is 414 g/mol. The van der Waals surface area contributed by atoms with Crippen molar-refractivity contribution in [3.63, 3.8) is 0 Å². The summed E-state index contributed by atoms with van der Waals surface area (Å²) >= 11 is 0. The Hall–Kier alpha value is -4.12. The van der Waals surface area contributed by atoms with Gasteiger partial charge in [-0.1, -0.05) is 12.1 Å². The number of fused-ring (bicyclic) bond motifs is 1. The van der Waals surface area contributed by atoms with Gasteiger partial charge in [-0.25, -0.2) is 14.8 Å². The standard InChI is InChI=1S/C21H21N7O4/c1-13-15(11-22-28(13)18-7-8-19(29)26-25-18)21(31)27(9-10-32-2)12-17-23-16-6-4-3-5-14(16)20(30)24-17/h3-8,11H,9-10,12H2,1-2H3,(H,26,29)(H,23,24,30). The Labute approximate surface area is 181 Å². The predicted molar refractivity (Wildman–Crippen MR) is 116 cm³/mol. The maximum Gasteiger partial charge on any atom is 0.264 e. The quantitative estimate of drug-likeness (QED) is 0.437. The van der Waals surface area contributed by atoms with Gasteiger partial charge in [-0.05, 0) is 25.1 Å². The van der Waals surface area contributed by atoms with Crippen molar-refractivity contribution in [2.45, 2.75) is 13.5 Å². The van der Waals surface area contributed by atoms with E-state index in [4.69, 9.17) is 4.74 Å². The minimum absolute atomic E-state index is 0.0871. The molecule has 0 aliphatic heterocycles. The minimum atomic E-state index is -0.336. The average molecular weight is 435 g/mol. The number of ether oxygens (including phenoxy) is 1. The van der Waals surface area contributed by atoms with Gasteiger partial charge >= 0.3 is 0 Å². The van der Waals surface area contributed by atoms with Crippen LogP contribution in [0, 0.1) is 6.92 Å². The van der Waals surface area contributed by atoms with Crippen molar-refractivity contribution >= 4 is 16.8 Å². The summed E-state index contributed by atoms with van der Waals surface area (Å²) in [7, 11) is 1.55. The predicted octanol–water partition coefficient (Wildman–Crippen LogP) is 0.789. The van der Waals surface area contributed by atoms with Gasteiger partial charge < -0.3 is 14.6 Å². The van der Waals surface area contributed by atoms with Crippen LogP contribution in [-0.2, 0) is 11.3 Å². The summed E-state index contributed by atoms with van der Waals surface area (Å²) in [4.78, 5) is 45.8. The molecule has 164 valence electrons. The summed E-state index contributed by atoms with van der Waals surface area (Å²) in [6.07, 6.45) is 1.45. The van der Waals surface area contributed by atoms with E-state index in [2.05, 4.69) is 25.3 Å². The van der Waals surface area contributed by atoms with E-state index in [0.717, 1.165) is 0 Å². The second-order valence-corrected chi connectivity index (χ2v) is 7.08. The van der Waals surface area contributed by atoms with Gasteiger partial charge in [0.05, 0.1) is 41.5 Å². The lowest BCUT2D eigenvalue weighted by Crippen LogP contribution is -2.35. The van der Waals surface area contributed by atoms with Crippen LogP contribution in [0.25, 0.3) is 16.7 Å². The lowest BCUT2D eigenvalue weighted by molar-refractivity contribution is 0.0674. The highest BCUT2D eigenvalue weighted by molar-refractivity contribution is 5.95. The molecule has 32 heavy (non-hydrogen) atoms. The third-order valence-electron chi connectivity index (χ3n) is 4.98. The minimum Gasteiger partial charge on any atom is -0.383 e. The Kier molecular flexibility index (Phi) is 5.90. The normalized spacial score (nSPS) is 11.1. The molecule has 3 aromatic heterocycles. The number of hydrogen-bond acceptors (Lipinski definition) is 7. The van der Waals surface area contributed by atoms with Crippen molar-refractivity contribution in [3.05, 3.63) is 80.4 Å². The summed E-state index contributed by atoms with van der Waals surface area (Å²) in [5.41, 5.74) is 0.864. The van der Waals surface area contributed by atoms with Gasteiger partial charge in [0.1, 0.15) is 5.82 Å². The fourth-order valence-electron chi connectivity index (χ4n) is 3.32. The lowest BCUT2D eigenvalue weighted by Gasteiger charge is -2.22. The van der Waals surface area contributed by atoms with E-state index < -0.39 is 0 Å². The van der Waals surface area contributed by atoms with Crippen molar-refractivity contribution in [3.8, 4) is 5.82 Å². The summed E-state index contributed by atoms with van der Waals surface area (Å²) < 4.78 is 6.62. The molecule has 3 heterocycles. The fourth-order valence-corrected chi connectivity index (χ4v) is 3.32. The van der Waals surface area contributed by atoms with Gasteiger partial charge in [0.15, 0.2) is 5.82 Å². The van der Waals surface area contributed by atoms with Crippen LogP contribution in [0.2, 0.25) is 0 Å². The first-order chi connectivity index (χ1) is 15.5. The molecule has 0 unspecified atom stereocenters. The average Bonchev–Trinajstić information content (AvgIpc) is 3.18. The summed E-state index contributed by atoms with van der Waals surface area (Å²) in [5.74, 6) is 0.446.